The Morgan fingerprint density at radius 1 is 1.33 bits per heavy atom. The Morgan fingerprint density at radius 2 is 2.00 bits per heavy atom. The van der Waals surface area contributed by atoms with Crippen LogP contribution in [0, 0.1) is 0 Å². The van der Waals surface area contributed by atoms with Crippen molar-refractivity contribution < 1.29 is 0 Å². The highest BCUT2D eigenvalue weighted by molar-refractivity contribution is 7.80. The van der Waals surface area contributed by atoms with Crippen LogP contribution in [0.4, 0.5) is 0 Å². The van der Waals surface area contributed by atoms with E-state index < -0.39 is 0 Å². The summed E-state index contributed by atoms with van der Waals surface area (Å²) in [6, 6.07) is 0. The number of nitrogens with two attached hydrogens (primary N) is 1. The van der Waals surface area contributed by atoms with Crippen molar-refractivity contribution in [2.75, 3.05) is 0 Å². The van der Waals surface area contributed by atoms with E-state index in [9.17, 15) is 0 Å². The van der Waals surface area contributed by atoms with Crippen LogP contribution in [0.3, 0.4) is 0 Å². The van der Waals surface area contributed by atoms with Gasteiger partial charge in [-0.2, -0.15) is 4.68 Å². The highest BCUT2D eigenvalue weighted by Gasteiger charge is 2.06. The molecule has 0 atom stereocenters. The number of rotatable bonds is 2. The lowest BCUT2D eigenvalue weighted by Crippen LogP contribution is -2.12. The maximum atomic E-state index is 5.64. The van der Waals surface area contributed by atoms with Gasteiger partial charge in [0.15, 0.2) is 0 Å². The Hall–Kier alpha value is -1.60. The SMILES string of the molecule is NC(=S)c1ncn(-c2ncc(Cl)cn2)n1. The standard InChI is InChI=1S/C7H5ClN6S/c8-4-1-10-7(11-2-4)14-3-12-6(13-14)5(9)15/h1-3H,(H2,9,15). The van der Waals surface area contributed by atoms with E-state index in [1.807, 2.05) is 0 Å². The maximum Gasteiger partial charge on any atom is 0.252 e. The first-order valence-electron chi connectivity index (χ1n) is 3.86. The molecule has 2 aromatic rings. The van der Waals surface area contributed by atoms with Gasteiger partial charge in [-0.3, -0.25) is 0 Å². The number of hydrogen-bond donors (Lipinski definition) is 1. The fraction of sp³-hybridized carbons (Fsp3) is 0. The molecule has 0 amide bonds. The topological polar surface area (TPSA) is 82.5 Å². The van der Waals surface area contributed by atoms with E-state index >= 15 is 0 Å². The van der Waals surface area contributed by atoms with E-state index in [1.165, 1.54) is 23.4 Å². The third-order valence-corrected chi connectivity index (χ3v) is 1.90. The second-order valence-corrected chi connectivity index (χ2v) is 3.45. The van der Waals surface area contributed by atoms with Crippen LogP contribution < -0.4 is 5.73 Å². The zero-order chi connectivity index (χ0) is 10.8. The summed E-state index contributed by atoms with van der Waals surface area (Å²) in [7, 11) is 0. The molecule has 2 rings (SSSR count). The Morgan fingerprint density at radius 3 is 2.53 bits per heavy atom. The van der Waals surface area contributed by atoms with Gasteiger partial charge in [0.2, 0.25) is 5.82 Å². The number of aromatic nitrogens is 5. The van der Waals surface area contributed by atoms with E-state index in [4.69, 9.17) is 29.6 Å². The van der Waals surface area contributed by atoms with Crippen molar-refractivity contribution in [3.63, 3.8) is 0 Å². The number of thiocarbonyl (C=S) groups is 1. The predicted molar refractivity (Wildman–Crippen MR) is 57.8 cm³/mol. The van der Waals surface area contributed by atoms with Crippen molar-refractivity contribution in [2.45, 2.75) is 0 Å². The molecule has 0 saturated heterocycles. The summed E-state index contributed by atoms with van der Waals surface area (Å²) in [5.74, 6) is 0.637. The van der Waals surface area contributed by atoms with Crippen LogP contribution in [-0.4, -0.2) is 29.7 Å². The Labute approximate surface area is 95.1 Å². The maximum absolute atomic E-state index is 5.64. The highest BCUT2D eigenvalue weighted by atomic mass is 35.5. The molecule has 2 N–H and O–H groups in total. The van der Waals surface area contributed by atoms with E-state index in [2.05, 4.69) is 20.1 Å². The average Bonchev–Trinajstić information content (AvgIpc) is 2.68. The fourth-order valence-electron chi connectivity index (χ4n) is 0.896. The Kier molecular flexibility index (Phi) is 2.57. The molecule has 0 spiro atoms. The minimum absolute atomic E-state index is 0.128. The normalized spacial score (nSPS) is 10.2. The lowest BCUT2D eigenvalue weighted by molar-refractivity contribution is 0.804. The first-order chi connectivity index (χ1) is 7.16. The molecule has 0 bridgehead atoms. The molecule has 15 heavy (non-hydrogen) atoms. The summed E-state index contributed by atoms with van der Waals surface area (Å²) in [4.78, 5) is 11.9. The summed E-state index contributed by atoms with van der Waals surface area (Å²) in [6.45, 7) is 0. The van der Waals surface area contributed by atoms with Crippen molar-refractivity contribution in [2.24, 2.45) is 5.73 Å². The number of hydrogen-bond acceptors (Lipinski definition) is 5. The molecule has 8 heteroatoms. The van der Waals surface area contributed by atoms with Gasteiger partial charge in [-0.25, -0.2) is 15.0 Å². The summed E-state index contributed by atoms with van der Waals surface area (Å²) >= 11 is 10.4. The molecule has 6 nitrogen and oxygen atoms in total. The minimum atomic E-state index is 0.128. The van der Waals surface area contributed by atoms with Gasteiger partial charge in [0, 0.05) is 0 Å². The van der Waals surface area contributed by atoms with E-state index in [0.717, 1.165) is 0 Å². The van der Waals surface area contributed by atoms with E-state index in [1.54, 1.807) is 0 Å². The van der Waals surface area contributed by atoms with E-state index in [-0.39, 0.29) is 10.8 Å². The molecule has 2 aromatic heterocycles. The minimum Gasteiger partial charge on any atom is -0.387 e. The molecule has 0 fully saturated rings. The van der Waals surface area contributed by atoms with Crippen molar-refractivity contribution in [3.05, 3.63) is 29.6 Å². The van der Waals surface area contributed by atoms with Crippen LogP contribution in [0.25, 0.3) is 5.95 Å². The molecule has 2 heterocycles. The zero-order valence-corrected chi connectivity index (χ0v) is 8.90. The van der Waals surface area contributed by atoms with Crippen LogP contribution >= 0.6 is 23.8 Å². The van der Waals surface area contributed by atoms with Gasteiger partial charge in [0.25, 0.3) is 5.95 Å². The van der Waals surface area contributed by atoms with Crippen LogP contribution in [0.1, 0.15) is 5.82 Å². The summed E-state index contributed by atoms with van der Waals surface area (Å²) < 4.78 is 1.37. The van der Waals surface area contributed by atoms with Crippen LogP contribution in [0.2, 0.25) is 5.02 Å². The van der Waals surface area contributed by atoms with Gasteiger partial charge in [0.1, 0.15) is 11.3 Å². The quantitative estimate of drug-likeness (QED) is 0.763. The van der Waals surface area contributed by atoms with Crippen LogP contribution in [0.5, 0.6) is 0 Å². The van der Waals surface area contributed by atoms with Gasteiger partial charge >= 0.3 is 0 Å². The number of nitrogens with zero attached hydrogens (tertiary/aromatic N) is 5. The number of halogens is 1. The van der Waals surface area contributed by atoms with Crippen LogP contribution in [-0.2, 0) is 0 Å². The van der Waals surface area contributed by atoms with Gasteiger partial charge in [-0.05, 0) is 0 Å². The van der Waals surface area contributed by atoms with E-state index in [0.29, 0.717) is 11.0 Å². The molecule has 0 aliphatic heterocycles. The lowest BCUT2D eigenvalue weighted by atomic mass is 10.6. The van der Waals surface area contributed by atoms with Gasteiger partial charge in [0.05, 0.1) is 17.4 Å². The summed E-state index contributed by atoms with van der Waals surface area (Å²) in [5, 5.41) is 4.43. The van der Waals surface area contributed by atoms with Crippen molar-refractivity contribution >= 4 is 28.8 Å². The molecule has 0 unspecified atom stereocenters. The molecular weight excluding hydrogens is 236 g/mol. The second-order valence-electron chi connectivity index (χ2n) is 2.58. The third kappa shape index (κ3) is 2.08. The highest BCUT2D eigenvalue weighted by Crippen LogP contribution is 2.05. The summed E-state index contributed by atoms with van der Waals surface area (Å²) in [6.07, 6.45) is 4.36. The first-order valence-corrected chi connectivity index (χ1v) is 4.65. The molecule has 0 aromatic carbocycles. The molecule has 0 radical (unpaired) electrons. The Bertz CT molecular complexity index is 492. The van der Waals surface area contributed by atoms with Gasteiger partial charge in [-0.15, -0.1) is 5.10 Å². The van der Waals surface area contributed by atoms with Crippen molar-refractivity contribution in [1.29, 1.82) is 0 Å². The fourth-order valence-corrected chi connectivity index (χ4v) is 1.09. The monoisotopic (exact) mass is 240 g/mol. The molecular formula is C7H5ClN6S. The molecule has 0 saturated carbocycles. The van der Waals surface area contributed by atoms with Crippen LogP contribution in [0.15, 0.2) is 18.7 Å². The van der Waals surface area contributed by atoms with Gasteiger partial charge in [-0.1, -0.05) is 23.8 Å². The molecule has 76 valence electrons. The average molecular weight is 241 g/mol. The predicted octanol–water partition coefficient (Wildman–Crippen LogP) is 0.345. The van der Waals surface area contributed by atoms with Crippen molar-refractivity contribution in [1.82, 2.24) is 24.7 Å². The summed E-state index contributed by atoms with van der Waals surface area (Å²) in [5.41, 5.74) is 5.36. The third-order valence-electron chi connectivity index (χ3n) is 1.52. The van der Waals surface area contributed by atoms with Crippen molar-refractivity contribution in [3.8, 4) is 5.95 Å². The zero-order valence-electron chi connectivity index (χ0n) is 7.33. The second kappa shape index (κ2) is 3.87. The largest absolute Gasteiger partial charge is 0.387 e. The smallest absolute Gasteiger partial charge is 0.252 e. The molecule has 0 aliphatic rings. The van der Waals surface area contributed by atoms with Gasteiger partial charge < -0.3 is 5.73 Å². The Balaban J connectivity index is 2.37. The lowest BCUT2D eigenvalue weighted by Gasteiger charge is -1.96. The first kappa shape index (κ1) is 9.94. The molecule has 0 aliphatic carbocycles.